The highest BCUT2D eigenvalue weighted by Crippen LogP contribution is 2.30. The van der Waals surface area contributed by atoms with Crippen LogP contribution in [0.3, 0.4) is 0 Å². The summed E-state index contributed by atoms with van der Waals surface area (Å²) in [5.41, 5.74) is -0.940. The number of imidazole rings is 1. The van der Waals surface area contributed by atoms with Gasteiger partial charge in [-0.1, -0.05) is 19.3 Å². The van der Waals surface area contributed by atoms with Gasteiger partial charge in [0, 0.05) is 26.3 Å². The van der Waals surface area contributed by atoms with Crippen LogP contribution in [0.1, 0.15) is 66.4 Å². The van der Waals surface area contributed by atoms with E-state index in [-0.39, 0.29) is 29.9 Å². The monoisotopic (exact) mass is 406 g/mol. The first-order valence-electron chi connectivity index (χ1n) is 10.2. The Balaban J connectivity index is 1.91. The SMILES string of the molecule is COCCCN1C(=O)c2c(C(=O)OC)ncn2C[C@@]1(C)C(=O)NC1CCCCC1. The molecule has 1 atom stereocenters. The van der Waals surface area contributed by atoms with Gasteiger partial charge in [-0.25, -0.2) is 9.78 Å². The summed E-state index contributed by atoms with van der Waals surface area (Å²) in [6.07, 6.45) is 7.33. The van der Waals surface area contributed by atoms with Gasteiger partial charge in [0.15, 0.2) is 5.69 Å². The van der Waals surface area contributed by atoms with Crippen molar-refractivity contribution in [3.63, 3.8) is 0 Å². The van der Waals surface area contributed by atoms with E-state index < -0.39 is 17.4 Å². The molecule has 2 aliphatic rings. The fourth-order valence-corrected chi connectivity index (χ4v) is 4.24. The predicted octanol–water partition coefficient (Wildman–Crippen LogP) is 1.37. The van der Waals surface area contributed by atoms with Crippen molar-refractivity contribution in [1.82, 2.24) is 19.8 Å². The summed E-state index contributed by atoms with van der Waals surface area (Å²) in [4.78, 5) is 44.4. The zero-order chi connectivity index (χ0) is 21.0. The van der Waals surface area contributed by atoms with Crippen LogP contribution < -0.4 is 5.32 Å². The van der Waals surface area contributed by atoms with Crippen molar-refractivity contribution in [2.45, 2.75) is 63.6 Å². The van der Waals surface area contributed by atoms with E-state index in [2.05, 4.69) is 10.3 Å². The number of ether oxygens (including phenoxy) is 2. The van der Waals surface area contributed by atoms with Gasteiger partial charge in [-0.15, -0.1) is 0 Å². The van der Waals surface area contributed by atoms with Gasteiger partial charge < -0.3 is 24.3 Å². The van der Waals surface area contributed by atoms with Crippen molar-refractivity contribution >= 4 is 17.8 Å². The summed E-state index contributed by atoms with van der Waals surface area (Å²) >= 11 is 0. The van der Waals surface area contributed by atoms with E-state index in [4.69, 9.17) is 9.47 Å². The Hall–Kier alpha value is -2.42. The molecule has 1 aromatic heterocycles. The van der Waals surface area contributed by atoms with Crippen LogP contribution in [0.4, 0.5) is 0 Å². The average Bonchev–Trinajstić information content (AvgIpc) is 3.14. The van der Waals surface area contributed by atoms with Gasteiger partial charge in [-0.3, -0.25) is 9.59 Å². The molecule has 9 heteroatoms. The maximum Gasteiger partial charge on any atom is 0.359 e. The van der Waals surface area contributed by atoms with Crippen LogP contribution in [0.5, 0.6) is 0 Å². The van der Waals surface area contributed by atoms with E-state index in [1.165, 1.54) is 19.9 Å². The number of fused-ring (bicyclic) bond motifs is 1. The van der Waals surface area contributed by atoms with E-state index in [0.29, 0.717) is 19.6 Å². The highest BCUT2D eigenvalue weighted by molar-refractivity contribution is 6.06. The molecule has 29 heavy (non-hydrogen) atoms. The van der Waals surface area contributed by atoms with E-state index in [9.17, 15) is 14.4 Å². The van der Waals surface area contributed by atoms with Crippen molar-refractivity contribution in [1.29, 1.82) is 0 Å². The molecule has 0 unspecified atom stereocenters. The van der Waals surface area contributed by atoms with Crippen molar-refractivity contribution in [2.75, 3.05) is 27.4 Å². The summed E-state index contributed by atoms with van der Waals surface area (Å²) in [7, 11) is 2.84. The molecule has 0 saturated heterocycles. The van der Waals surface area contributed by atoms with Crippen LogP contribution in [0.15, 0.2) is 6.33 Å². The van der Waals surface area contributed by atoms with E-state index in [0.717, 1.165) is 25.7 Å². The van der Waals surface area contributed by atoms with Gasteiger partial charge in [-0.05, 0) is 26.2 Å². The number of hydrogen-bond donors (Lipinski definition) is 1. The highest BCUT2D eigenvalue weighted by atomic mass is 16.5. The smallest absolute Gasteiger partial charge is 0.359 e. The second-order valence-corrected chi connectivity index (χ2v) is 7.95. The van der Waals surface area contributed by atoms with Crippen LogP contribution in [0.2, 0.25) is 0 Å². The minimum absolute atomic E-state index is 0.0241. The summed E-state index contributed by atoms with van der Waals surface area (Å²) in [6.45, 7) is 2.81. The highest BCUT2D eigenvalue weighted by Gasteiger charge is 2.49. The Morgan fingerprint density at radius 2 is 2.00 bits per heavy atom. The summed E-state index contributed by atoms with van der Waals surface area (Å²) in [6, 6.07) is 0.138. The van der Waals surface area contributed by atoms with E-state index in [1.807, 2.05) is 0 Å². The van der Waals surface area contributed by atoms with Crippen molar-refractivity contribution < 1.29 is 23.9 Å². The number of esters is 1. The topological polar surface area (TPSA) is 103 Å². The van der Waals surface area contributed by atoms with Gasteiger partial charge in [0.2, 0.25) is 5.91 Å². The standard InChI is InChI=1S/C20H30N4O5/c1-20(19(27)22-14-8-5-4-6-9-14)12-23-13-21-15(18(26)29-3)16(23)17(25)24(20)10-7-11-28-2/h13-14H,4-12H2,1-3H3,(H,22,27)/t20-/m0/s1. The normalized spacial score (nSPS) is 22.3. The van der Waals surface area contributed by atoms with Gasteiger partial charge in [0.1, 0.15) is 11.2 Å². The second kappa shape index (κ2) is 8.94. The summed E-state index contributed by atoms with van der Waals surface area (Å²) in [5.74, 6) is -1.24. The molecule has 3 rings (SSSR count). The lowest BCUT2D eigenvalue weighted by molar-refractivity contribution is -0.134. The fourth-order valence-electron chi connectivity index (χ4n) is 4.24. The number of carbonyl (C=O) groups is 3. The minimum atomic E-state index is -1.08. The van der Waals surface area contributed by atoms with E-state index >= 15 is 0 Å². The zero-order valence-corrected chi connectivity index (χ0v) is 17.4. The average molecular weight is 406 g/mol. The number of hydrogen-bond acceptors (Lipinski definition) is 6. The molecule has 0 spiro atoms. The number of methoxy groups -OCH3 is 2. The molecule has 1 saturated carbocycles. The molecule has 0 radical (unpaired) electrons. The van der Waals surface area contributed by atoms with Crippen LogP contribution in [0, 0.1) is 0 Å². The molecule has 9 nitrogen and oxygen atoms in total. The van der Waals surface area contributed by atoms with Crippen LogP contribution in [0.25, 0.3) is 0 Å². The van der Waals surface area contributed by atoms with Crippen LogP contribution in [-0.2, 0) is 20.8 Å². The largest absolute Gasteiger partial charge is 0.464 e. The van der Waals surface area contributed by atoms with Crippen LogP contribution >= 0.6 is 0 Å². The first-order valence-corrected chi connectivity index (χ1v) is 10.2. The minimum Gasteiger partial charge on any atom is -0.464 e. The molecule has 2 heterocycles. The lowest BCUT2D eigenvalue weighted by Crippen LogP contribution is -2.65. The number of carbonyl (C=O) groups excluding carboxylic acids is 3. The molecule has 0 aromatic carbocycles. The van der Waals surface area contributed by atoms with Gasteiger partial charge >= 0.3 is 5.97 Å². The molecular formula is C20H30N4O5. The molecule has 1 N–H and O–H groups in total. The Kier molecular flexibility index (Phi) is 6.56. The van der Waals surface area contributed by atoms with Crippen molar-refractivity contribution in [3.05, 3.63) is 17.7 Å². The molecule has 1 aliphatic heterocycles. The van der Waals surface area contributed by atoms with Gasteiger partial charge in [0.05, 0.1) is 20.0 Å². The van der Waals surface area contributed by atoms with Crippen molar-refractivity contribution in [3.8, 4) is 0 Å². The molecule has 1 aliphatic carbocycles. The quantitative estimate of drug-likeness (QED) is 0.542. The lowest BCUT2D eigenvalue weighted by atomic mass is 9.91. The zero-order valence-electron chi connectivity index (χ0n) is 17.4. The molecular weight excluding hydrogens is 376 g/mol. The van der Waals surface area contributed by atoms with Gasteiger partial charge in [-0.2, -0.15) is 0 Å². The Labute approximate surface area is 170 Å². The summed E-state index contributed by atoms with van der Waals surface area (Å²) < 4.78 is 11.5. The Bertz CT molecular complexity index is 771. The van der Waals surface area contributed by atoms with E-state index in [1.54, 1.807) is 23.5 Å². The third kappa shape index (κ3) is 4.14. The molecule has 160 valence electrons. The lowest BCUT2D eigenvalue weighted by Gasteiger charge is -2.44. The molecule has 1 aromatic rings. The predicted molar refractivity (Wildman–Crippen MR) is 105 cm³/mol. The maximum absolute atomic E-state index is 13.4. The van der Waals surface area contributed by atoms with Gasteiger partial charge in [0.25, 0.3) is 5.91 Å². The second-order valence-electron chi connectivity index (χ2n) is 7.95. The van der Waals surface area contributed by atoms with Crippen molar-refractivity contribution in [2.24, 2.45) is 0 Å². The third-order valence-corrected chi connectivity index (χ3v) is 5.90. The number of rotatable bonds is 7. The molecule has 0 bridgehead atoms. The number of nitrogens with zero attached hydrogens (tertiary/aromatic N) is 3. The number of nitrogens with one attached hydrogen (secondary N) is 1. The third-order valence-electron chi connectivity index (χ3n) is 5.90. The van der Waals surface area contributed by atoms with Crippen LogP contribution in [-0.4, -0.2) is 71.2 Å². The fraction of sp³-hybridized carbons (Fsp3) is 0.700. The molecule has 2 amide bonds. The number of aromatic nitrogens is 2. The summed E-state index contributed by atoms with van der Waals surface area (Å²) in [5, 5.41) is 3.15. The Morgan fingerprint density at radius 1 is 1.28 bits per heavy atom. The first kappa shape index (κ1) is 21.3. The molecule has 1 fully saturated rings. The maximum atomic E-state index is 13.4. The first-order chi connectivity index (χ1) is 13.9. The number of amides is 2. The Morgan fingerprint density at radius 3 is 2.66 bits per heavy atom.